The summed E-state index contributed by atoms with van der Waals surface area (Å²) >= 11 is 0. The number of nitrogens with two attached hydrogens (primary N) is 1. The van der Waals surface area contributed by atoms with E-state index in [4.69, 9.17) is 10.5 Å². The Kier molecular flexibility index (Phi) is 3.69. The molecule has 1 aliphatic heterocycles. The average Bonchev–Trinajstić information content (AvgIpc) is 2.36. The molecule has 0 fully saturated rings. The van der Waals surface area contributed by atoms with Gasteiger partial charge in [-0.15, -0.1) is 0 Å². The Labute approximate surface area is 103 Å². The van der Waals surface area contributed by atoms with E-state index in [2.05, 4.69) is 37.4 Å². The molecule has 0 spiro atoms. The van der Waals surface area contributed by atoms with Gasteiger partial charge in [-0.3, -0.25) is 0 Å². The largest absolute Gasteiger partial charge is 0.493 e. The van der Waals surface area contributed by atoms with Crippen LogP contribution in [0.4, 0.5) is 0 Å². The second-order valence-electron chi connectivity index (χ2n) is 5.29. The van der Waals surface area contributed by atoms with Crippen LogP contribution in [0.1, 0.15) is 31.4 Å². The normalized spacial score (nSPS) is 15.2. The molecule has 0 aliphatic carbocycles. The summed E-state index contributed by atoms with van der Waals surface area (Å²) in [6.07, 6.45) is 2.25. The van der Waals surface area contributed by atoms with Crippen molar-refractivity contribution in [3.8, 4) is 5.75 Å². The minimum absolute atomic E-state index is 0.103. The number of fused-ring (bicyclic) bond motifs is 1. The Hall–Kier alpha value is -1.06. The molecule has 94 valence electrons. The van der Waals surface area contributed by atoms with Gasteiger partial charge in [-0.2, -0.15) is 0 Å². The molecular weight excluding hydrogens is 212 g/mol. The first kappa shape index (κ1) is 12.4. The third-order valence-electron chi connectivity index (χ3n) is 3.40. The van der Waals surface area contributed by atoms with Crippen molar-refractivity contribution in [1.29, 1.82) is 0 Å². The zero-order chi connectivity index (χ0) is 12.3. The van der Waals surface area contributed by atoms with Crippen molar-refractivity contribution in [1.82, 2.24) is 5.32 Å². The van der Waals surface area contributed by atoms with Crippen LogP contribution in [0.5, 0.6) is 5.75 Å². The van der Waals surface area contributed by atoms with Crippen LogP contribution in [0, 0.1) is 0 Å². The molecule has 3 heteroatoms. The van der Waals surface area contributed by atoms with Gasteiger partial charge >= 0.3 is 0 Å². The Morgan fingerprint density at radius 1 is 1.41 bits per heavy atom. The highest BCUT2D eigenvalue weighted by Gasteiger charge is 2.22. The molecule has 0 amide bonds. The van der Waals surface area contributed by atoms with E-state index < -0.39 is 0 Å². The fourth-order valence-electron chi connectivity index (χ4n) is 2.27. The SMILES string of the molecule is CC(C)(CNCN)c1ccc2c(c1)CCCO2. The number of hydrogen-bond donors (Lipinski definition) is 2. The number of rotatable bonds is 4. The van der Waals surface area contributed by atoms with Crippen molar-refractivity contribution in [2.75, 3.05) is 19.8 Å². The second kappa shape index (κ2) is 5.07. The third-order valence-corrected chi connectivity index (χ3v) is 3.40. The number of benzene rings is 1. The van der Waals surface area contributed by atoms with Crippen molar-refractivity contribution in [2.45, 2.75) is 32.1 Å². The Morgan fingerprint density at radius 2 is 2.24 bits per heavy atom. The number of nitrogens with one attached hydrogen (secondary N) is 1. The molecule has 1 aromatic carbocycles. The smallest absolute Gasteiger partial charge is 0.122 e. The minimum Gasteiger partial charge on any atom is -0.493 e. The topological polar surface area (TPSA) is 47.3 Å². The summed E-state index contributed by atoms with van der Waals surface area (Å²) in [5.41, 5.74) is 8.29. The van der Waals surface area contributed by atoms with Crippen LogP contribution in [-0.4, -0.2) is 19.8 Å². The van der Waals surface area contributed by atoms with Gasteiger partial charge in [0, 0.05) is 18.6 Å². The van der Waals surface area contributed by atoms with Gasteiger partial charge in [-0.25, -0.2) is 0 Å². The van der Waals surface area contributed by atoms with Gasteiger partial charge in [-0.05, 0) is 30.0 Å². The van der Waals surface area contributed by atoms with Gasteiger partial charge in [0.25, 0.3) is 0 Å². The van der Waals surface area contributed by atoms with Crippen LogP contribution in [0.2, 0.25) is 0 Å². The molecule has 0 unspecified atom stereocenters. The summed E-state index contributed by atoms with van der Waals surface area (Å²) in [5, 5.41) is 3.21. The summed E-state index contributed by atoms with van der Waals surface area (Å²) in [6.45, 7) is 6.74. The molecule has 1 aliphatic rings. The van der Waals surface area contributed by atoms with E-state index in [1.807, 2.05) is 0 Å². The van der Waals surface area contributed by atoms with Crippen molar-refractivity contribution in [2.24, 2.45) is 5.73 Å². The lowest BCUT2D eigenvalue weighted by Crippen LogP contribution is -2.36. The summed E-state index contributed by atoms with van der Waals surface area (Å²) in [5.74, 6) is 1.06. The lowest BCUT2D eigenvalue weighted by molar-refractivity contribution is 0.288. The fraction of sp³-hybridized carbons (Fsp3) is 0.571. The van der Waals surface area contributed by atoms with Gasteiger partial charge < -0.3 is 15.8 Å². The van der Waals surface area contributed by atoms with Crippen molar-refractivity contribution >= 4 is 0 Å². The predicted molar refractivity (Wildman–Crippen MR) is 70.3 cm³/mol. The molecule has 0 aromatic heterocycles. The number of ether oxygens (including phenoxy) is 1. The van der Waals surface area contributed by atoms with Crippen LogP contribution in [0.15, 0.2) is 18.2 Å². The quantitative estimate of drug-likeness (QED) is 0.781. The summed E-state index contributed by atoms with van der Waals surface area (Å²) in [6, 6.07) is 6.56. The summed E-state index contributed by atoms with van der Waals surface area (Å²) < 4.78 is 5.64. The van der Waals surface area contributed by atoms with E-state index in [1.165, 1.54) is 11.1 Å². The van der Waals surface area contributed by atoms with Crippen molar-refractivity contribution in [3.63, 3.8) is 0 Å². The van der Waals surface area contributed by atoms with E-state index in [9.17, 15) is 0 Å². The molecule has 0 bridgehead atoms. The first-order valence-corrected chi connectivity index (χ1v) is 6.30. The highest BCUT2D eigenvalue weighted by atomic mass is 16.5. The van der Waals surface area contributed by atoms with Crippen LogP contribution in [-0.2, 0) is 11.8 Å². The standard InChI is InChI=1S/C14H22N2O/c1-14(2,9-16-10-15)12-5-6-13-11(8-12)4-3-7-17-13/h5-6,8,16H,3-4,7,9-10,15H2,1-2H3. The molecular formula is C14H22N2O. The van der Waals surface area contributed by atoms with Gasteiger partial charge in [0.05, 0.1) is 6.61 Å². The Bertz CT molecular complexity index is 388. The Morgan fingerprint density at radius 3 is 3.00 bits per heavy atom. The fourth-order valence-corrected chi connectivity index (χ4v) is 2.27. The average molecular weight is 234 g/mol. The van der Waals surface area contributed by atoms with Crippen molar-refractivity contribution < 1.29 is 4.74 Å². The molecule has 1 heterocycles. The predicted octanol–water partition coefficient (Wildman–Crippen LogP) is 1.79. The van der Waals surface area contributed by atoms with Crippen LogP contribution >= 0.6 is 0 Å². The van der Waals surface area contributed by atoms with Gasteiger partial charge in [0.2, 0.25) is 0 Å². The second-order valence-corrected chi connectivity index (χ2v) is 5.29. The van der Waals surface area contributed by atoms with Gasteiger partial charge in [0.15, 0.2) is 0 Å². The summed E-state index contributed by atoms with van der Waals surface area (Å²) in [4.78, 5) is 0. The first-order chi connectivity index (χ1) is 8.13. The monoisotopic (exact) mass is 234 g/mol. The zero-order valence-electron chi connectivity index (χ0n) is 10.8. The maximum atomic E-state index is 5.64. The molecule has 0 saturated carbocycles. The Balaban J connectivity index is 2.20. The lowest BCUT2D eigenvalue weighted by Gasteiger charge is -2.27. The van der Waals surface area contributed by atoms with E-state index in [-0.39, 0.29) is 5.41 Å². The highest BCUT2D eigenvalue weighted by molar-refractivity contribution is 5.41. The molecule has 0 radical (unpaired) electrons. The number of hydrogen-bond acceptors (Lipinski definition) is 3. The van der Waals surface area contributed by atoms with E-state index in [1.54, 1.807) is 0 Å². The van der Waals surface area contributed by atoms with E-state index in [0.29, 0.717) is 6.67 Å². The third kappa shape index (κ3) is 2.79. The first-order valence-electron chi connectivity index (χ1n) is 6.30. The molecule has 0 saturated heterocycles. The molecule has 2 rings (SSSR count). The van der Waals surface area contributed by atoms with Crippen LogP contribution in [0.3, 0.4) is 0 Å². The van der Waals surface area contributed by atoms with Gasteiger partial charge in [0.1, 0.15) is 5.75 Å². The van der Waals surface area contributed by atoms with Gasteiger partial charge in [-0.1, -0.05) is 26.0 Å². The van der Waals surface area contributed by atoms with Crippen LogP contribution in [0.25, 0.3) is 0 Å². The molecule has 3 nitrogen and oxygen atoms in total. The minimum atomic E-state index is 0.103. The molecule has 1 aromatic rings. The number of aryl methyl sites for hydroxylation is 1. The maximum absolute atomic E-state index is 5.64. The maximum Gasteiger partial charge on any atom is 0.122 e. The zero-order valence-corrected chi connectivity index (χ0v) is 10.8. The molecule has 17 heavy (non-hydrogen) atoms. The lowest BCUT2D eigenvalue weighted by atomic mass is 9.83. The molecule has 3 N–H and O–H groups in total. The van der Waals surface area contributed by atoms with Crippen molar-refractivity contribution in [3.05, 3.63) is 29.3 Å². The summed E-state index contributed by atoms with van der Waals surface area (Å²) in [7, 11) is 0. The van der Waals surface area contributed by atoms with E-state index in [0.717, 1.165) is 31.7 Å². The van der Waals surface area contributed by atoms with E-state index >= 15 is 0 Å². The van der Waals surface area contributed by atoms with Crippen LogP contribution < -0.4 is 15.8 Å². The molecule has 0 atom stereocenters. The highest BCUT2D eigenvalue weighted by Crippen LogP contribution is 2.30.